The van der Waals surface area contributed by atoms with Gasteiger partial charge in [-0.3, -0.25) is 4.99 Å². The van der Waals surface area contributed by atoms with Crippen LogP contribution in [0.4, 0.5) is 5.69 Å². The van der Waals surface area contributed by atoms with Crippen molar-refractivity contribution in [1.29, 1.82) is 0 Å². The van der Waals surface area contributed by atoms with Crippen molar-refractivity contribution in [2.45, 2.75) is 40.0 Å². The molecule has 0 spiro atoms. The number of aromatic hydroxyl groups is 2. The van der Waals surface area contributed by atoms with Crippen molar-refractivity contribution in [2.75, 3.05) is 0 Å². The molecule has 1 aliphatic heterocycles. The molecule has 3 N–H and O–H groups in total. The average Bonchev–Trinajstić information content (AvgIpc) is 3.37. The Bertz CT molecular complexity index is 1380. The number of aromatic nitrogens is 2. The van der Waals surface area contributed by atoms with Crippen molar-refractivity contribution in [1.82, 2.24) is 9.97 Å². The topological polar surface area (TPSA) is 81.5 Å². The maximum atomic E-state index is 10.5. The van der Waals surface area contributed by atoms with Gasteiger partial charge in [0.2, 0.25) is 0 Å². The lowest BCUT2D eigenvalue weighted by atomic mass is 9.98. The van der Waals surface area contributed by atoms with Crippen LogP contribution in [0, 0.1) is 5.92 Å². The summed E-state index contributed by atoms with van der Waals surface area (Å²) in [7, 11) is 0. The normalized spacial score (nSPS) is 13.2. The Kier molecular flexibility index (Phi) is 4.77. The highest BCUT2D eigenvalue weighted by molar-refractivity contribution is 5.96. The van der Waals surface area contributed by atoms with Gasteiger partial charge in [-0.25, -0.2) is 4.98 Å². The molecule has 32 heavy (non-hydrogen) atoms. The minimum atomic E-state index is 0.102. The van der Waals surface area contributed by atoms with Crippen LogP contribution in [0.5, 0.6) is 11.5 Å². The van der Waals surface area contributed by atoms with Crippen molar-refractivity contribution < 1.29 is 10.2 Å². The second-order valence-electron chi connectivity index (χ2n) is 9.18. The quantitative estimate of drug-likeness (QED) is 0.318. The lowest BCUT2D eigenvalue weighted by Gasteiger charge is -2.11. The zero-order chi connectivity index (χ0) is 22.6. The molecule has 0 radical (unpaired) electrons. The number of hydrogen-bond acceptors (Lipinski definition) is 4. The third kappa shape index (κ3) is 3.44. The van der Waals surface area contributed by atoms with Crippen molar-refractivity contribution in [2.24, 2.45) is 10.9 Å². The van der Waals surface area contributed by atoms with E-state index in [9.17, 15) is 10.2 Å². The Morgan fingerprint density at radius 3 is 2.34 bits per heavy atom. The van der Waals surface area contributed by atoms with E-state index in [-0.39, 0.29) is 17.4 Å². The van der Waals surface area contributed by atoms with E-state index in [1.807, 2.05) is 19.9 Å². The molecule has 0 aliphatic carbocycles. The largest absolute Gasteiger partial charge is 0.508 e. The number of benzene rings is 3. The summed E-state index contributed by atoms with van der Waals surface area (Å²) in [5, 5.41) is 20.9. The van der Waals surface area contributed by atoms with Crippen LogP contribution in [0.3, 0.4) is 0 Å². The number of nitrogens with zero attached hydrogens (tertiary/aromatic N) is 2. The molecule has 0 saturated heterocycles. The minimum Gasteiger partial charge on any atom is -0.508 e. The second kappa shape index (κ2) is 7.52. The summed E-state index contributed by atoms with van der Waals surface area (Å²) in [6.45, 7) is 8.32. The van der Waals surface area contributed by atoms with Crippen molar-refractivity contribution >= 4 is 22.4 Å². The number of phenolic OH excluding ortho intramolecular Hbond substituents is 2. The highest BCUT2D eigenvalue weighted by atomic mass is 16.3. The summed E-state index contributed by atoms with van der Waals surface area (Å²) < 4.78 is 0. The fourth-order valence-electron chi connectivity index (χ4n) is 4.30. The standard InChI is InChI=1S/C27H27N3O2/c1-14(2)19-12-26(32)20(13-25(19)31)27-29-22-8-6-17(10-24(22)30-27)16-5-7-21-18(9-16)11-23(28-21)15(3)4/h5-10,12-15,31-32H,11H2,1-4H3,(H,29,30). The average molecular weight is 426 g/mol. The number of hydrogen-bond donors (Lipinski definition) is 3. The van der Waals surface area contributed by atoms with Gasteiger partial charge in [-0.15, -0.1) is 0 Å². The molecule has 2 heterocycles. The number of rotatable bonds is 4. The van der Waals surface area contributed by atoms with E-state index in [4.69, 9.17) is 4.99 Å². The maximum absolute atomic E-state index is 10.5. The molecular weight excluding hydrogens is 398 g/mol. The molecule has 1 aliphatic rings. The molecule has 1 aromatic heterocycles. The number of aliphatic imine (C=N–C) groups is 1. The molecule has 0 saturated carbocycles. The summed E-state index contributed by atoms with van der Waals surface area (Å²) in [6, 6.07) is 15.7. The predicted octanol–water partition coefficient (Wildman–Crippen LogP) is 6.72. The third-order valence-electron chi connectivity index (χ3n) is 6.22. The Morgan fingerprint density at radius 2 is 1.59 bits per heavy atom. The highest BCUT2D eigenvalue weighted by Crippen LogP contribution is 2.38. The van der Waals surface area contributed by atoms with Crippen LogP contribution < -0.4 is 0 Å². The Morgan fingerprint density at radius 1 is 0.844 bits per heavy atom. The summed E-state index contributed by atoms with van der Waals surface area (Å²) in [5.41, 5.74) is 8.69. The SMILES string of the molecule is CC(C)C1=Nc2ccc(-c3ccc4nc(-c5cc(O)c(C(C)C)cc5O)[nH]c4c3)cc2C1. The molecule has 0 amide bonds. The number of imidazole rings is 1. The summed E-state index contributed by atoms with van der Waals surface area (Å²) in [4.78, 5) is 12.7. The van der Waals surface area contributed by atoms with E-state index in [0.717, 1.165) is 34.3 Å². The summed E-state index contributed by atoms with van der Waals surface area (Å²) in [6.07, 6.45) is 0.909. The first-order chi connectivity index (χ1) is 15.3. The molecule has 0 atom stereocenters. The number of aromatic amines is 1. The molecule has 5 heteroatoms. The predicted molar refractivity (Wildman–Crippen MR) is 130 cm³/mol. The van der Waals surface area contributed by atoms with E-state index in [1.54, 1.807) is 12.1 Å². The zero-order valence-electron chi connectivity index (χ0n) is 18.8. The lowest BCUT2D eigenvalue weighted by Crippen LogP contribution is -2.06. The van der Waals surface area contributed by atoms with Gasteiger partial charge >= 0.3 is 0 Å². The molecule has 5 rings (SSSR count). The number of H-pyrrole nitrogens is 1. The van der Waals surface area contributed by atoms with Gasteiger partial charge in [0, 0.05) is 17.7 Å². The first kappa shape index (κ1) is 20.3. The fourth-order valence-corrected chi connectivity index (χ4v) is 4.30. The van der Waals surface area contributed by atoms with Gasteiger partial charge in [-0.05, 0) is 64.9 Å². The van der Waals surface area contributed by atoms with Gasteiger partial charge in [-0.1, -0.05) is 39.8 Å². The fraction of sp³-hybridized carbons (Fsp3) is 0.259. The van der Waals surface area contributed by atoms with Gasteiger partial charge < -0.3 is 15.2 Å². The smallest absolute Gasteiger partial charge is 0.142 e. The van der Waals surface area contributed by atoms with Gasteiger partial charge in [0.25, 0.3) is 0 Å². The van der Waals surface area contributed by atoms with Gasteiger partial charge in [-0.2, -0.15) is 0 Å². The van der Waals surface area contributed by atoms with E-state index in [1.165, 1.54) is 11.3 Å². The van der Waals surface area contributed by atoms with Crippen molar-refractivity contribution in [3.63, 3.8) is 0 Å². The van der Waals surface area contributed by atoms with E-state index in [0.29, 0.717) is 22.9 Å². The van der Waals surface area contributed by atoms with Crippen LogP contribution in [0.25, 0.3) is 33.5 Å². The Balaban J connectivity index is 1.50. The summed E-state index contributed by atoms with van der Waals surface area (Å²) >= 11 is 0. The van der Waals surface area contributed by atoms with Gasteiger partial charge in [0.15, 0.2) is 0 Å². The third-order valence-corrected chi connectivity index (χ3v) is 6.22. The van der Waals surface area contributed by atoms with E-state index < -0.39 is 0 Å². The van der Waals surface area contributed by atoms with Crippen LogP contribution in [0.1, 0.15) is 44.7 Å². The molecule has 3 aromatic carbocycles. The molecular formula is C27H27N3O2. The molecule has 0 bridgehead atoms. The van der Waals surface area contributed by atoms with E-state index >= 15 is 0 Å². The molecule has 162 valence electrons. The number of phenols is 2. The Hall–Kier alpha value is -3.60. The number of nitrogens with one attached hydrogen (secondary N) is 1. The second-order valence-corrected chi connectivity index (χ2v) is 9.18. The number of fused-ring (bicyclic) bond motifs is 2. The zero-order valence-corrected chi connectivity index (χ0v) is 18.8. The molecule has 5 nitrogen and oxygen atoms in total. The van der Waals surface area contributed by atoms with Crippen molar-refractivity contribution in [3.05, 3.63) is 59.7 Å². The first-order valence-electron chi connectivity index (χ1n) is 11.1. The van der Waals surface area contributed by atoms with Crippen LogP contribution in [0.15, 0.2) is 53.5 Å². The first-order valence-corrected chi connectivity index (χ1v) is 11.1. The molecule has 4 aromatic rings. The highest BCUT2D eigenvalue weighted by Gasteiger charge is 2.18. The van der Waals surface area contributed by atoms with Crippen LogP contribution in [0.2, 0.25) is 0 Å². The minimum absolute atomic E-state index is 0.102. The van der Waals surface area contributed by atoms with Crippen molar-refractivity contribution in [3.8, 4) is 34.0 Å². The Labute approximate surface area is 187 Å². The van der Waals surface area contributed by atoms with Gasteiger partial charge in [0.1, 0.15) is 17.3 Å². The molecule has 0 fully saturated rings. The maximum Gasteiger partial charge on any atom is 0.142 e. The lowest BCUT2D eigenvalue weighted by molar-refractivity contribution is 0.452. The molecule has 0 unspecified atom stereocenters. The van der Waals surface area contributed by atoms with Crippen LogP contribution in [-0.4, -0.2) is 25.9 Å². The van der Waals surface area contributed by atoms with Crippen LogP contribution in [-0.2, 0) is 6.42 Å². The van der Waals surface area contributed by atoms with E-state index in [2.05, 4.69) is 54.1 Å². The van der Waals surface area contributed by atoms with Gasteiger partial charge in [0.05, 0.1) is 22.3 Å². The summed E-state index contributed by atoms with van der Waals surface area (Å²) in [5.74, 6) is 1.36. The van der Waals surface area contributed by atoms with Crippen LogP contribution >= 0.6 is 0 Å². The monoisotopic (exact) mass is 425 g/mol.